The first kappa shape index (κ1) is 21.8. The maximum Gasteiger partial charge on any atom is 0.269 e. The van der Waals surface area contributed by atoms with Crippen LogP contribution in [0.4, 0.5) is 5.69 Å². The van der Waals surface area contributed by atoms with Crippen molar-refractivity contribution in [3.05, 3.63) is 105 Å². The first-order chi connectivity index (χ1) is 16.0. The van der Waals surface area contributed by atoms with E-state index in [1.54, 1.807) is 60.8 Å². The molecule has 0 atom stereocenters. The number of fused-ring (bicyclic) bond motifs is 1. The summed E-state index contributed by atoms with van der Waals surface area (Å²) >= 11 is 6.20. The molecule has 7 nitrogen and oxygen atoms in total. The second-order valence-electron chi connectivity index (χ2n) is 7.09. The molecule has 2 aromatic carbocycles. The van der Waals surface area contributed by atoms with E-state index in [0.717, 1.165) is 5.56 Å². The third-order valence-electron chi connectivity index (χ3n) is 4.74. The monoisotopic (exact) mass is 456 g/mol. The number of pyridine rings is 1. The molecule has 0 aliphatic carbocycles. The van der Waals surface area contributed by atoms with Crippen molar-refractivity contribution in [2.24, 2.45) is 0 Å². The molecule has 0 aliphatic heterocycles. The lowest BCUT2D eigenvalue weighted by molar-refractivity contribution is -0.112. The Hall–Kier alpha value is -4.41. The minimum absolute atomic E-state index is 0.0609. The number of amides is 1. The lowest BCUT2D eigenvalue weighted by Gasteiger charge is -2.11. The zero-order valence-electron chi connectivity index (χ0n) is 17.4. The maximum atomic E-state index is 13.2. The largest absolute Gasteiger partial charge is 0.437 e. The van der Waals surface area contributed by atoms with Crippen LogP contribution >= 0.6 is 11.6 Å². The van der Waals surface area contributed by atoms with Crippen molar-refractivity contribution >= 4 is 34.9 Å². The van der Waals surface area contributed by atoms with Gasteiger partial charge in [0.15, 0.2) is 0 Å². The van der Waals surface area contributed by atoms with E-state index >= 15 is 0 Å². The van der Waals surface area contributed by atoms with Crippen LogP contribution < -0.4 is 15.6 Å². The van der Waals surface area contributed by atoms with Crippen molar-refractivity contribution in [2.45, 2.75) is 6.92 Å². The highest BCUT2D eigenvalue weighted by molar-refractivity contribution is 6.32. The highest BCUT2D eigenvalue weighted by atomic mass is 35.5. The van der Waals surface area contributed by atoms with Gasteiger partial charge >= 0.3 is 0 Å². The van der Waals surface area contributed by atoms with E-state index in [4.69, 9.17) is 16.3 Å². The van der Waals surface area contributed by atoms with Crippen LogP contribution in [0.2, 0.25) is 5.02 Å². The van der Waals surface area contributed by atoms with Crippen LogP contribution in [0, 0.1) is 18.3 Å². The Morgan fingerprint density at radius 2 is 1.85 bits per heavy atom. The van der Waals surface area contributed by atoms with Crippen LogP contribution in [0.3, 0.4) is 0 Å². The minimum atomic E-state index is -0.664. The summed E-state index contributed by atoms with van der Waals surface area (Å²) in [6, 6.07) is 20.7. The van der Waals surface area contributed by atoms with Gasteiger partial charge in [0.05, 0.1) is 5.02 Å². The number of ether oxygens (including phenoxy) is 1. The number of hydrogen-bond donors (Lipinski definition) is 1. The standard InChI is InChI=1S/C25H17ClN4O3/c1-16-9-11-18(12-10-16)28-23(31)17(15-27)14-19-24(33-21-7-3-2-6-20(21)26)29-22-8-4-5-13-30(22)25(19)32/h2-14H,1H3,(H,28,31)/b17-14+. The summed E-state index contributed by atoms with van der Waals surface area (Å²) in [4.78, 5) is 30.4. The lowest BCUT2D eigenvalue weighted by atomic mass is 10.1. The van der Waals surface area contributed by atoms with Gasteiger partial charge in [0, 0.05) is 11.9 Å². The smallest absolute Gasteiger partial charge is 0.269 e. The Bertz CT molecular complexity index is 1480. The Labute approximate surface area is 194 Å². The number of nitrogens with zero attached hydrogens (tertiary/aromatic N) is 3. The van der Waals surface area contributed by atoms with Gasteiger partial charge in [0.25, 0.3) is 11.5 Å². The van der Waals surface area contributed by atoms with Gasteiger partial charge in [0.2, 0.25) is 5.88 Å². The van der Waals surface area contributed by atoms with E-state index in [0.29, 0.717) is 16.4 Å². The molecule has 2 aromatic heterocycles. The summed E-state index contributed by atoms with van der Waals surface area (Å²) in [5.41, 5.74) is 1.04. The van der Waals surface area contributed by atoms with Crippen molar-refractivity contribution in [1.82, 2.24) is 9.38 Å². The predicted molar refractivity (Wildman–Crippen MR) is 126 cm³/mol. The van der Waals surface area contributed by atoms with Crippen molar-refractivity contribution in [1.29, 1.82) is 5.26 Å². The number of hydrogen-bond acceptors (Lipinski definition) is 5. The third-order valence-corrected chi connectivity index (χ3v) is 5.05. The SMILES string of the molecule is Cc1ccc(NC(=O)/C(C#N)=C/c2c(Oc3ccccc3Cl)nc3ccccn3c2=O)cc1. The van der Waals surface area contributed by atoms with Crippen LogP contribution in [0.1, 0.15) is 11.1 Å². The summed E-state index contributed by atoms with van der Waals surface area (Å²) < 4.78 is 7.15. The predicted octanol–water partition coefficient (Wildman–Crippen LogP) is 4.99. The number of nitrogens with one attached hydrogen (secondary N) is 1. The Kier molecular flexibility index (Phi) is 6.20. The van der Waals surface area contributed by atoms with Crippen LogP contribution in [0.5, 0.6) is 11.6 Å². The fourth-order valence-electron chi connectivity index (χ4n) is 3.04. The molecule has 4 rings (SSSR count). The number of aryl methyl sites for hydroxylation is 1. The second-order valence-corrected chi connectivity index (χ2v) is 7.49. The quantitative estimate of drug-likeness (QED) is 0.337. The molecule has 33 heavy (non-hydrogen) atoms. The third kappa shape index (κ3) is 4.76. The Morgan fingerprint density at radius 3 is 2.58 bits per heavy atom. The van der Waals surface area contributed by atoms with E-state index in [1.165, 1.54) is 10.5 Å². The fraction of sp³-hybridized carbons (Fsp3) is 0.0400. The van der Waals surface area contributed by atoms with E-state index in [9.17, 15) is 14.9 Å². The van der Waals surface area contributed by atoms with Crippen molar-refractivity contribution in [3.63, 3.8) is 0 Å². The van der Waals surface area contributed by atoms with Crippen LogP contribution in [-0.4, -0.2) is 15.3 Å². The number of halogens is 1. The van der Waals surface area contributed by atoms with E-state index in [2.05, 4.69) is 10.3 Å². The molecule has 0 radical (unpaired) electrons. The molecule has 0 saturated carbocycles. The summed E-state index contributed by atoms with van der Waals surface area (Å²) in [7, 11) is 0. The van der Waals surface area contributed by atoms with Gasteiger partial charge in [-0.25, -0.2) is 0 Å². The van der Waals surface area contributed by atoms with Crippen molar-refractivity contribution < 1.29 is 9.53 Å². The average molecular weight is 457 g/mol. The van der Waals surface area contributed by atoms with Gasteiger partial charge in [0.1, 0.15) is 28.6 Å². The van der Waals surface area contributed by atoms with E-state index in [-0.39, 0.29) is 22.8 Å². The molecule has 0 aliphatic rings. The fourth-order valence-corrected chi connectivity index (χ4v) is 3.22. The van der Waals surface area contributed by atoms with E-state index < -0.39 is 11.5 Å². The summed E-state index contributed by atoms with van der Waals surface area (Å²) in [5, 5.41) is 12.6. The number of carbonyl (C=O) groups is 1. The van der Waals surface area contributed by atoms with Gasteiger partial charge in [-0.15, -0.1) is 0 Å². The minimum Gasteiger partial charge on any atom is -0.437 e. The number of benzene rings is 2. The molecule has 0 unspecified atom stereocenters. The molecular weight excluding hydrogens is 440 g/mol. The van der Waals surface area contributed by atoms with Gasteiger partial charge in [-0.3, -0.25) is 14.0 Å². The molecular formula is C25H17ClN4O3. The molecule has 1 amide bonds. The molecule has 0 bridgehead atoms. The molecule has 2 heterocycles. The Balaban J connectivity index is 1.81. The number of aromatic nitrogens is 2. The second kappa shape index (κ2) is 9.39. The topological polar surface area (TPSA) is 96.5 Å². The molecule has 4 aromatic rings. The molecule has 162 valence electrons. The maximum absolute atomic E-state index is 13.2. The average Bonchev–Trinajstić information content (AvgIpc) is 2.82. The first-order valence-corrected chi connectivity index (χ1v) is 10.3. The molecule has 8 heteroatoms. The number of anilines is 1. The zero-order valence-corrected chi connectivity index (χ0v) is 18.2. The molecule has 1 N–H and O–H groups in total. The number of nitriles is 1. The van der Waals surface area contributed by atoms with E-state index in [1.807, 2.05) is 25.1 Å². The Morgan fingerprint density at radius 1 is 1.12 bits per heavy atom. The highest BCUT2D eigenvalue weighted by Crippen LogP contribution is 2.30. The highest BCUT2D eigenvalue weighted by Gasteiger charge is 2.18. The van der Waals surface area contributed by atoms with Gasteiger partial charge < -0.3 is 10.1 Å². The van der Waals surface area contributed by atoms with Gasteiger partial charge in [-0.1, -0.05) is 47.5 Å². The first-order valence-electron chi connectivity index (χ1n) is 9.90. The zero-order chi connectivity index (χ0) is 23.4. The summed E-state index contributed by atoms with van der Waals surface area (Å²) in [6.07, 6.45) is 2.71. The number of carbonyl (C=O) groups excluding carboxylic acids is 1. The van der Waals surface area contributed by atoms with Gasteiger partial charge in [-0.2, -0.15) is 10.2 Å². The number of para-hydroxylation sites is 1. The van der Waals surface area contributed by atoms with Crippen molar-refractivity contribution in [2.75, 3.05) is 5.32 Å². The lowest BCUT2D eigenvalue weighted by Crippen LogP contribution is -2.20. The summed E-state index contributed by atoms with van der Waals surface area (Å²) in [6.45, 7) is 1.92. The van der Waals surface area contributed by atoms with Crippen LogP contribution in [-0.2, 0) is 4.79 Å². The molecule has 0 fully saturated rings. The van der Waals surface area contributed by atoms with Crippen molar-refractivity contribution in [3.8, 4) is 17.7 Å². The molecule has 0 saturated heterocycles. The summed E-state index contributed by atoms with van der Waals surface area (Å²) in [5.74, 6) is -0.457. The van der Waals surface area contributed by atoms with Crippen LogP contribution in [0.15, 0.2) is 83.3 Å². The van der Waals surface area contributed by atoms with Gasteiger partial charge in [-0.05, 0) is 49.4 Å². The normalized spacial score (nSPS) is 11.1. The van der Waals surface area contributed by atoms with Crippen LogP contribution in [0.25, 0.3) is 11.7 Å². The number of rotatable bonds is 5. The molecule has 0 spiro atoms.